The zero-order chi connectivity index (χ0) is 18.9. The summed E-state index contributed by atoms with van der Waals surface area (Å²) in [4.78, 5) is 11.9. The largest absolute Gasteiger partial charge is 0.447 e. The summed E-state index contributed by atoms with van der Waals surface area (Å²) in [5.41, 5.74) is 0. The number of alkyl halides is 5. The first kappa shape index (κ1) is 20.0. The summed E-state index contributed by atoms with van der Waals surface area (Å²) in [6.07, 6.45) is -0.315. The maximum Gasteiger partial charge on any atom is 0.414 e. The van der Waals surface area contributed by atoms with Gasteiger partial charge in [0.15, 0.2) is 5.78 Å². The lowest BCUT2D eigenvalue weighted by molar-refractivity contribution is -0.122. The molecular formula is C14H16Cl3F2N3O4. The molecule has 2 aliphatic rings. The Kier molecular flexibility index (Phi) is 5.93. The van der Waals surface area contributed by atoms with Gasteiger partial charge in [0.2, 0.25) is 9.68 Å². The third-order valence-corrected chi connectivity index (χ3v) is 4.74. The van der Waals surface area contributed by atoms with Gasteiger partial charge in [0.25, 0.3) is 5.92 Å². The van der Waals surface area contributed by atoms with Crippen LogP contribution in [0.4, 0.5) is 8.78 Å². The first-order valence-corrected chi connectivity index (χ1v) is 9.10. The van der Waals surface area contributed by atoms with Crippen LogP contribution in [0.3, 0.4) is 0 Å². The molecule has 146 valence electrons. The van der Waals surface area contributed by atoms with Crippen molar-refractivity contribution in [1.82, 2.24) is 15.5 Å². The van der Waals surface area contributed by atoms with Crippen molar-refractivity contribution in [3.05, 3.63) is 5.89 Å². The van der Waals surface area contributed by atoms with Crippen LogP contribution in [0.5, 0.6) is 6.08 Å². The molecule has 2 heterocycles. The second-order valence-corrected chi connectivity index (χ2v) is 8.46. The fourth-order valence-corrected chi connectivity index (χ4v) is 3.09. The van der Waals surface area contributed by atoms with Gasteiger partial charge in [-0.2, -0.15) is 0 Å². The highest BCUT2D eigenvalue weighted by molar-refractivity contribution is 6.76. The smallest absolute Gasteiger partial charge is 0.414 e. The fourth-order valence-electron chi connectivity index (χ4n) is 2.63. The number of rotatable bonds is 7. The van der Waals surface area contributed by atoms with E-state index in [1.165, 1.54) is 0 Å². The van der Waals surface area contributed by atoms with E-state index in [1.807, 2.05) is 0 Å². The molecule has 0 bridgehead atoms. The standard InChI is InChI=1S/C14H16Cl3F2N3O4/c15-14(16,17)10(23)7-1-2-8(20-6-7)11-21-22-12(26-11)25-4-3-24-9-5-13(9,18)19/h7-9,20H,1-6H2/t7-,8+,9?/m0/s1. The second-order valence-electron chi connectivity index (χ2n) is 6.18. The first-order chi connectivity index (χ1) is 12.2. The third-order valence-electron chi connectivity index (χ3n) is 4.18. The molecule has 0 amide bonds. The SMILES string of the molecule is O=C([C@H]1CC[C@H](c2nnc(OCCOC3CC3(F)F)o2)NC1)C(Cl)(Cl)Cl. The average Bonchev–Trinajstić information content (AvgIpc) is 2.96. The van der Waals surface area contributed by atoms with Crippen molar-refractivity contribution in [3.8, 4) is 6.08 Å². The van der Waals surface area contributed by atoms with Crippen LogP contribution in [0.15, 0.2) is 4.42 Å². The highest BCUT2D eigenvalue weighted by Gasteiger charge is 2.58. The molecule has 3 atom stereocenters. The van der Waals surface area contributed by atoms with Crippen LogP contribution in [0.2, 0.25) is 0 Å². The van der Waals surface area contributed by atoms with Gasteiger partial charge in [-0.1, -0.05) is 39.9 Å². The summed E-state index contributed by atoms with van der Waals surface area (Å²) >= 11 is 16.9. The Morgan fingerprint density at radius 3 is 2.62 bits per heavy atom. The summed E-state index contributed by atoms with van der Waals surface area (Å²) in [5.74, 6) is -3.28. The van der Waals surface area contributed by atoms with Gasteiger partial charge in [0.1, 0.15) is 12.7 Å². The fraction of sp³-hybridized carbons (Fsp3) is 0.786. The lowest BCUT2D eigenvalue weighted by Crippen LogP contribution is -2.41. The summed E-state index contributed by atoms with van der Waals surface area (Å²) in [7, 11) is 0. The van der Waals surface area contributed by atoms with Gasteiger partial charge in [-0.05, 0) is 12.8 Å². The molecule has 1 aromatic heterocycles. The summed E-state index contributed by atoms with van der Waals surface area (Å²) in [6.45, 7) is 0.339. The van der Waals surface area contributed by atoms with E-state index in [-0.39, 0.29) is 31.8 Å². The molecule has 12 heteroatoms. The molecule has 1 saturated heterocycles. The van der Waals surface area contributed by atoms with Crippen molar-refractivity contribution >= 4 is 40.6 Å². The molecule has 2 fully saturated rings. The Hall–Kier alpha value is -0.740. The van der Waals surface area contributed by atoms with Crippen LogP contribution in [-0.4, -0.2) is 51.6 Å². The molecule has 1 unspecified atom stereocenters. The number of ketones is 1. The highest BCUT2D eigenvalue weighted by Crippen LogP contribution is 2.44. The van der Waals surface area contributed by atoms with E-state index in [9.17, 15) is 13.6 Å². The molecule has 0 spiro atoms. The van der Waals surface area contributed by atoms with Crippen LogP contribution in [0.25, 0.3) is 0 Å². The predicted molar refractivity (Wildman–Crippen MR) is 87.9 cm³/mol. The maximum atomic E-state index is 12.6. The van der Waals surface area contributed by atoms with Gasteiger partial charge < -0.3 is 19.2 Å². The molecule has 0 radical (unpaired) electrons. The normalized spacial score (nSPS) is 28.0. The van der Waals surface area contributed by atoms with Crippen LogP contribution in [-0.2, 0) is 9.53 Å². The van der Waals surface area contributed by atoms with Gasteiger partial charge in [0.05, 0.1) is 12.6 Å². The number of hydrogen-bond acceptors (Lipinski definition) is 7. The van der Waals surface area contributed by atoms with E-state index in [0.29, 0.717) is 25.3 Å². The number of piperidine rings is 1. The lowest BCUT2D eigenvalue weighted by atomic mass is 9.91. The number of aromatic nitrogens is 2. The van der Waals surface area contributed by atoms with E-state index in [1.54, 1.807) is 0 Å². The van der Waals surface area contributed by atoms with Gasteiger partial charge in [-0.15, -0.1) is 5.10 Å². The summed E-state index contributed by atoms with van der Waals surface area (Å²) in [5, 5.41) is 10.7. The molecule has 26 heavy (non-hydrogen) atoms. The molecule has 3 rings (SSSR count). The van der Waals surface area contributed by atoms with E-state index < -0.39 is 27.5 Å². The minimum Gasteiger partial charge on any atom is -0.447 e. The van der Waals surface area contributed by atoms with Crippen molar-refractivity contribution in [2.75, 3.05) is 19.8 Å². The molecular weight excluding hydrogens is 419 g/mol. The van der Waals surface area contributed by atoms with Crippen molar-refractivity contribution in [1.29, 1.82) is 0 Å². The number of nitrogens with one attached hydrogen (secondary N) is 1. The van der Waals surface area contributed by atoms with E-state index in [2.05, 4.69) is 15.5 Å². The van der Waals surface area contributed by atoms with Crippen molar-refractivity contribution in [3.63, 3.8) is 0 Å². The number of hydrogen-bond donors (Lipinski definition) is 1. The predicted octanol–water partition coefficient (Wildman–Crippen LogP) is 2.85. The van der Waals surface area contributed by atoms with Gasteiger partial charge in [-0.25, -0.2) is 8.78 Å². The molecule has 1 N–H and O–H groups in total. The van der Waals surface area contributed by atoms with Crippen molar-refractivity contribution in [2.45, 2.75) is 41.1 Å². The lowest BCUT2D eigenvalue weighted by Gasteiger charge is -2.28. The van der Waals surface area contributed by atoms with Gasteiger partial charge >= 0.3 is 6.08 Å². The second kappa shape index (κ2) is 7.71. The number of ether oxygens (including phenoxy) is 2. The van der Waals surface area contributed by atoms with Crippen molar-refractivity contribution in [2.24, 2.45) is 5.92 Å². The number of Topliss-reactive ketones (excluding diaryl/α,β-unsaturated/α-hetero) is 1. The monoisotopic (exact) mass is 433 g/mol. The summed E-state index contributed by atoms with van der Waals surface area (Å²) in [6, 6.07) is -0.249. The van der Waals surface area contributed by atoms with Crippen LogP contribution < -0.4 is 10.1 Å². The number of carbonyl (C=O) groups is 1. The van der Waals surface area contributed by atoms with Crippen LogP contribution >= 0.6 is 34.8 Å². The van der Waals surface area contributed by atoms with Crippen molar-refractivity contribution < 1.29 is 27.5 Å². The molecule has 1 aliphatic carbocycles. The molecule has 1 aromatic rings. The molecule has 0 aromatic carbocycles. The van der Waals surface area contributed by atoms with E-state index in [4.69, 9.17) is 48.7 Å². The van der Waals surface area contributed by atoms with E-state index >= 15 is 0 Å². The van der Waals surface area contributed by atoms with E-state index in [0.717, 1.165) is 0 Å². The molecule has 1 aliphatic heterocycles. The van der Waals surface area contributed by atoms with Crippen LogP contribution in [0.1, 0.15) is 31.2 Å². The zero-order valence-corrected chi connectivity index (χ0v) is 15.7. The molecule has 1 saturated carbocycles. The highest BCUT2D eigenvalue weighted by atomic mass is 35.6. The minimum absolute atomic E-state index is 0.000465. The maximum absolute atomic E-state index is 12.6. The minimum atomic E-state index is -2.72. The van der Waals surface area contributed by atoms with Crippen LogP contribution in [0, 0.1) is 5.92 Å². The summed E-state index contributed by atoms with van der Waals surface area (Å²) < 4.78 is 38.8. The molecule has 7 nitrogen and oxygen atoms in total. The topological polar surface area (TPSA) is 86.5 Å². The first-order valence-electron chi connectivity index (χ1n) is 7.97. The Labute approximate surface area is 162 Å². The number of carbonyl (C=O) groups excluding carboxylic acids is 1. The average molecular weight is 435 g/mol. The van der Waals surface area contributed by atoms with Gasteiger partial charge in [-0.3, -0.25) is 4.79 Å². The Balaban J connectivity index is 1.40. The Morgan fingerprint density at radius 2 is 2.04 bits per heavy atom. The zero-order valence-electron chi connectivity index (χ0n) is 13.4. The van der Waals surface area contributed by atoms with Gasteiger partial charge in [0, 0.05) is 18.9 Å². The number of halogens is 5. The quantitative estimate of drug-likeness (QED) is 0.521. The third kappa shape index (κ3) is 4.95. The Bertz CT molecular complexity index is 648. The number of nitrogens with zero attached hydrogens (tertiary/aromatic N) is 2. The Morgan fingerprint density at radius 1 is 1.31 bits per heavy atom.